The molecule has 0 radical (unpaired) electrons. The van der Waals surface area contributed by atoms with E-state index >= 15 is 0 Å². The predicted octanol–water partition coefficient (Wildman–Crippen LogP) is 2.35. The van der Waals surface area contributed by atoms with Gasteiger partial charge in [-0.05, 0) is 26.3 Å². The Morgan fingerprint density at radius 3 is 2.70 bits per heavy atom. The largest absolute Gasteiger partial charge is 0.465 e. The Morgan fingerprint density at radius 1 is 1.50 bits per heavy atom. The molecule has 0 aliphatic carbocycles. The van der Waals surface area contributed by atoms with Gasteiger partial charge in [0.1, 0.15) is 0 Å². The highest BCUT2D eigenvalue weighted by Gasteiger charge is 2.64. The van der Waals surface area contributed by atoms with Crippen LogP contribution in [0.2, 0.25) is 0 Å². The molecule has 1 aliphatic heterocycles. The summed E-state index contributed by atoms with van der Waals surface area (Å²) in [6, 6.07) is 12.2. The summed E-state index contributed by atoms with van der Waals surface area (Å²) in [5, 5.41) is 9.46. The molecule has 1 heterocycles. The van der Waals surface area contributed by atoms with Crippen molar-refractivity contribution < 1.29 is 9.53 Å². The van der Waals surface area contributed by atoms with Crippen LogP contribution >= 0.6 is 0 Å². The number of ether oxygens (including phenoxy) is 1. The molecule has 0 saturated carbocycles. The first-order chi connectivity index (χ1) is 9.48. The minimum Gasteiger partial charge on any atom is -0.465 e. The van der Waals surface area contributed by atoms with Crippen molar-refractivity contribution in [2.75, 3.05) is 13.2 Å². The highest BCUT2D eigenvalue weighted by Crippen LogP contribution is 2.48. The Bertz CT molecular complexity index is 537. The highest BCUT2D eigenvalue weighted by atomic mass is 16.5. The molecule has 1 fully saturated rings. The molecule has 4 heteroatoms. The average Bonchev–Trinajstić information content (AvgIpc) is 3.11. The normalized spacial score (nSPS) is 27.2. The second-order valence-corrected chi connectivity index (χ2v) is 5.57. The van der Waals surface area contributed by atoms with Crippen molar-refractivity contribution in [1.29, 1.82) is 5.26 Å². The first-order valence-electron chi connectivity index (χ1n) is 6.85. The van der Waals surface area contributed by atoms with Crippen molar-refractivity contribution in [2.24, 2.45) is 5.41 Å². The number of benzene rings is 1. The topological polar surface area (TPSA) is 53.1 Å². The van der Waals surface area contributed by atoms with Gasteiger partial charge in [0.05, 0.1) is 18.2 Å². The standard InChI is InChI=1S/C16H20N2O2/c1-4-20-14(19)15(2,11-17)16(3)12-18(16)10-13-8-6-5-7-9-13/h5-9H,4,10,12H2,1-3H3. The summed E-state index contributed by atoms with van der Waals surface area (Å²) in [6.07, 6.45) is 0. The third-order valence-electron chi connectivity index (χ3n) is 4.29. The zero-order valence-corrected chi connectivity index (χ0v) is 12.2. The fraction of sp³-hybridized carbons (Fsp3) is 0.500. The molecule has 1 saturated heterocycles. The number of carbonyl (C=O) groups is 1. The number of nitriles is 1. The van der Waals surface area contributed by atoms with E-state index in [4.69, 9.17) is 4.74 Å². The molecule has 0 aromatic heterocycles. The van der Waals surface area contributed by atoms with Crippen molar-refractivity contribution in [2.45, 2.75) is 32.9 Å². The Labute approximate surface area is 120 Å². The van der Waals surface area contributed by atoms with E-state index in [0.29, 0.717) is 6.61 Å². The van der Waals surface area contributed by atoms with Crippen LogP contribution in [0.5, 0.6) is 0 Å². The fourth-order valence-corrected chi connectivity index (χ4v) is 2.51. The van der Waals surface area contributed by atoms with Gasteiger partial charge >= 0.3 is 5.97 Å². The van der Waals surface area contributed by atoms with E-state index in [2.05, 4.69) is 11.0 Å². The van der Waals surface area contributed by atoms with E-state index < -0.39 is 16.9 Å². The molecule has 1 aliphatic rings. The molecule has 3 unspecified atom stereocenters. The van der Waals surface area contributed by atoms with E-state index in [1.54, 1.807) is 13.8 Å². The second kappa shape index (κ2) is 5.26. The zero-order chi connectivity index (χ0) is 14.8. The van der Waals surface area contributed by atoms with Crippen molar-refractivity contribution in [3.8, 4) is 6.07 Å². The van der Waals surface area contributed by atoms with E-state index in [-0.39, 0.29) is 0 Å². The lowest BCUT2D eigenvalue weighted by Crippen LogP contribution is -2.43. The van der Waals surface area contributed by atoms with Crippen LogP contribution in [0.4, 0.5) is 0 Å². The summed E-state index contributed by atoms with van der Waals surface area (Å²) in [6.45, 7) is 7.16. The van der Waals surface area contributed by atoms with Crippen LogP contribution in [-0.4, -0.2) is 29.6 Å². The van der Waals surface area contributed by atoms with Crippen molar-refractivity contribution >= 4 is 5.97 Å². The molecule has 106 valence electrons. The maximum absolute atomic E-state index is 12.1. The quantitative estimate of drug-likeness (QED) is 0.610. The Hall–Kier alpha value is -1.86. The minimum absolute atomic E-state index is 0.296. The average molecular weight is 272 g/mol. The molecule has 4 nitrogen and oxygen atoms in total. The molecule has 0 spiro atoms. The third kappa shape index (κ3) is 2.30. The van der Waals surface area contributed by atoms with Crippen LogP contribution in [0.1, 0.15) is 26.3 Å². The molecule has 1 aromatic carbocycles. The lowest BCUT2D eigenvalue weighted by Gasteiger charge is -2.27. The van der Waals surface area contributed by atoms with E-state index in [9.17, 15) is 10.1 Å². The van der Waals surface area contributed by atoms with E-state index in [0.717, 1.165) is 13.1 Å². The predicted molar refractivity (Wildman–Crippen MR) is 75.6 cm³/mol. The molecule has 0 amide bonds. The number of hydrogen-bond donors (Lipinski definition) is 0. The van der Waals surface area contributed by atoms with Crippen molar-refractivity contribution in [3.63, 3.8) is 0 Å². The summed E-state index contributed by atoms with van der Waals surface area (Å²) >= 11 is 0. The van der Waals surface area contributed by atoms with Gasteiger partial charge in [0.25, 0.3) is 0 Å². The molecule has 0 bridgehead atoms. The number of rotatable bonds is 5. The lowest BCUT2D eigenvalue weighted by molar-refractivity contribution is -0.153. The monoisotopic (exact) mass is 272 g/mol. The van der Waals surface area contributed by atoms with Gasteiger partial charge in [-0.1, -0.05) is 30.3 Å². The number of hydrogen-bond acceptors (Lipinski definition) is 4. The number of esters is 1. The SMILES string of the molecule is CCOC(=O)C(C)(C#N)C1(C)CN1Cc1ccccc1. The van der Waals surface area contributed by atoms with Gasteiger partial charge < -0.3 is 4.74 Å². The number of nitrogens with zero attached hydrogens (tertiary/aromatic N) is 2. The van der Waals surface area contributed by atoms with Gasteiger partial charge in [0.2, 0.25) is 0 Å². The maximum atomic E-state index is 12.1. The zero-order valence-electron chi connectivity index (χ0n) is 12.2. The van der Waals surface area contributed by atoms with Crippen molar-refractivity contribution in [3.05, 3.63) is 35.9 Å². The Morgan fingerprint density at radius 2 is 2.15 bits per heavy atom. The molecule has 20 heavy (non-hydrogen) atoms. The van der Waals surface area contributed by atoms with Gasteiger partial charge in [-0.2, -0.15) is 5.26 Å². The summed E-state index contributed by atoms with van der Waals surface area (Å²) in [5.74, 6) is -0.430. The van der Waals surface area contributed by atoms with E-state index in [1.807, 2.05) is 37.3 Å². The first kappa shape index (κ1) is 14.5. The molecule has 2 rings (SSSR count). The molecular formula is C16H20N2O2. The van der Waals surface area contributed by atoms with Gasteiger partial charge in [0.15, 0.2) is 5.41 Å². The summed E-state index contributed by atoms with van der Waals surface area (Å²) in [4.78, 5) is 14.3. The van der Waals surface area contributed by atoms with Gasteiger partial charge in [-0.3, -0.25) is 9.69 Å². The van der Waals surface area contributed by atoms with Crippen molar-refractivity contribution in [1.82, 2.24) is 4.90 Å². The van der Waals surface area contributed by atoms with E-state index in [1.165, 1.54) is 5.56 Å². The van der Waals surface area contributed by atoms with Crippen LogP contribution in [-0.2, 0) is 16.1 Å². The van der Waals surface area contributed by atoms with Crippen LogP contribution in [0, 0.1) is 16.7 Å². The minimum atomic E-state index is -1.13. The van der Waals surface area contributed by atoms with Gasteiger partial charge in [-0.25, -0.2) is 0 Å². The molecular weight excluding hydrogens is 252 g/mol. The maximum Gasteiger partial charge on any atom is 0.328 e. The summed E-state index contributed by atoms with van der Waals surface area (Å²) in [7, 11) is 0. The summed E-state index contributed by atoms with van der Waals surface area (Å²) < 4.78 is 5.07. The smallest absolute Gasteiger partial charge is 0.328 e. The summed E-state index contributed by atoms with van der Waals surface area (Å²) in [5.41, 5.74) is -0.401. The third-order valence-corrected chi connectivity index (χ3v) is 4.29. The first-order valence-corrected chi connectivity index (χ1v) is 6.85. The lowest BCUT2D eigenvalue weighted by atomic mass is 9.78. The number of carbonyl (C=O) groups excluding carboxylic acids is 1. The molecule has 0 N–H and O–H groups in total. The van der Waals surface area contributed by atoms with Gasteiger partial charge in [-0.15, -0.1) is 0 Å². The van der Waals surface area contributed by atoms with Crippen LogP contribution in [0.25, 0.3) is 0 Å². The molecule has 3 atom stereocenters. The fourth-order valence-electron chi connectivity index (χ4n) is 2.51. The van der Waals surface area contributed by atoms with Crippen LogP contribution < -0.4 is 0 Å². The van der Waals surface area contributed by atoms with Crippen LogP contribution in [0.15, 0.2) is 30.3 Å². The highest BCUT2D eigenvalue weighted by molar-refractivity contribution is 5.82. The Kier molecular flexibility index (Phi) is 3.82. The second-order valence-electron chi connectivity index (χ2n) is 5.57. The van der Waals surface area contributed by atoms with Gasteiger partial charge in [0, 0.05) is 13.1 Å². The van der Waals surface area contributed by atoms with Crippen LogP contribution in [0.3, 0.4) is 0 Å². The molecule has 1 aromatic rings. The Balaban J connectivity index is 2.13.